The van der Waals surface area contributed by atoms with Crippen LogP contribution in [0.15, 0.2) is 12.3 Å². The van der Waals surface area contributed by atoms with E-state index in [2.05, 4.69) is 34.3 Å². The fourth-order valence-electron chi connectivity index (χ4n) is 5.79. The zero-order valence-corrected chi connectivity index (χ0v) is 21.7. The first kappa shape index (κ1) is 23.2. The number of aliphatic hydroxyl groups is 1. The standard InChI is InChI=1S/C25H28F3N5O2Se/c1-23(4-5-23)15-10-16(32-8-6-24(7-9-32)13-35-12-17(24)34)20-29-18(14-2-3-14)19(33(20)11-15)21-30-31-22(36-21)25(26,27)28/h10-11,14,17,34H,2-9,12-13H2,1H3. The Kier molecular flexibility index (Phi) is 5.02. The Morgan fingerprint density at radius 3 is 2.47 bits per heavy atom. The van der Waals surface area contributed by atoms with Crippen LogP contribution in [-0.2, 0) is 16.3 Å². The van der Waals surface area contributed by atoms with Crippen molar-refractivity contribution in [2.45, 2.75) is 69.1 Å². The molecule has 3 aromatic rings. The summed E-state index contributed by atoms with van der Waals surface area (Å²) in [7, 11) is 0. The number of ether oxygens (including phenoxy) is 1. The van der Waals surface area contributed by atoms with Crippen molar-refractivity contribution in [2.24, 2.45) is 5.41 Å². The number of hydrogen-bond donors (Lipinski definition) is 1. The molecule has 0 amide bonds. The van der Waals surface area contributed by atoms with Crippen molar-refractivity contribution in [3.05, 3.63) is 28.1 Å². The fourth-order valence-corrected chi connectivity index (χ4v) is 7.39. The number of rotatable bonds is 4. The van der Waals surface area contributed by atoms with Crippen LogP contribution in [0.25, 0.3) is 15.9 Å². The monoisotopic (exact) mass is 567 g/mol. The van der Waals surface area contributed by atoms with Crippen LogP contribution in [0.4, 0.5) is 18.9 Å². The first-order valence-electron chi connectivity index (χ1n) is 12.7. The average molecular weight is 566 g/mol. The summed E-state index contributed by atoms with van der Waals surface area (Å²) in [6.45, 7) is 4.80. The normalized spacial score (nSPS) is 25.2. The predicted octanol–water partition coefficient (Wildman–Crippen LogP) is 3.77. The molecule has 192 valence electrons. The van der Waals surface area contributed by atoms with Gasteiger partial charge in [0.2, 0.25) is 0 Å². The van der Waals surface area contributed by atoms with Gasteiger partial charge in [0.15, 0.2) is 0 Å². The van der Waals surface area contributed by atoms with Crippen molar-refractivity contribution in [3.63, 3.8) is 0 Å². The third-order valence-electron chi connectivity index (χ3n) is 8.73. The van der Waals surface area contributed by atoms with Gasteiger partial charge in [-0.15, -0.1) is 0 Å². The average Bonchev–Trinajstić information content (AvgIpc) is 3.69. The van der Waals surface area contributed by atoms with Gasteiger partial charge in [0, 0.05) is 0 Å². The van der Waals surface area contributed by atoms with E-state index in [0.29, 0.717) is 17.8 Å². The predicted molar refractivity (Wildman–Crippen MR) is 127 cm³/mol. The van der Waals surface area contributed by atoms with E-state index in [0.717, 1.165) is 74.3 Å². The molecule has 36 heavy (non-hydrogen) atoms. The van der Waals surface area contributed by atoms with E-state index >= 15 is 0 Å². The molecule has 11 heteroatoms. The summed E-state index contributed by atoms with van der Waals surface area (Å²) < 4.78 is 47.5. The van der Waals surface area contributed by atoms with Crippen molar-refractivity contribution < 1.29 is 23.0 Å². The van der Waals surface area contributed by atoms with Gasteiger partial charge in [-0.1, -0.05) is 0 Å². The second kappa shape index (κ2) is 7.79. The molecule has 5 heterocycles. The van der Waals surface area contributed by atoms with Gasteiger partial charge < -0.3 is 0 Å². The number of halogens is 3. The summed E-state index contributed by atoms with van der Waals surface area (Å²) in [5.74, 6) is 0.261. The molecule has 0 bridgehead atoms. The molecule has 4 fully saturated rings. The van der Waals surface area contributed by atoms with Crippen LogP contribution in [0.2, 0.25) is 0 Å². The van der Waals surface area contributed by atoms with E-state index in [9.17, 15) is 18.3 Å². The van der Waals surface area contributed by atoms with Crippen LogP contribution in [-0.4, -0.2) is 71.6 Å². The fraction of sp³-hybridized carbons (Fsp3) is 0.640. The molecular weight excluding hydrogens is 538 g/mol. The van der Waals surface area contributed by atoms with Gasteiger partial charge in [0.05, 0.1) is 0 Å². The first-order chi connectivity index (χ1) is 17.2. The Labute approximate surface area is 212 Å². The van der Waals surface area contributed by atoms with Crippen molar-refractivity contribution in [1.82, 2.24) is 19.6 Å². The molecule has 0 aromatic carbocycles. The summed E-state index contributed by atoms with van der Waals surface area (Å²) in [6, 6.07) is 2.24. The number of alkyl halides is 3. The van der Waals surface area contributed by atoms with Crippen LogP contribution < -0.4 is 4.90 Å². The molecule has 7 rings (SSSR count). The number of imidazole rings is 1. The molecule has 7 nitrogen and oxygen atoms in total. The summed E-state index contributed by atoms with van der Waals surface area (Å²) in [5.41, 5.74) is 4.49. The zero-order valence-electron chi connectivity index (χ0n) is 20.0. The molecular formula is C25H28F3N5O2Se. The molecule has 1 N–H and O–H groups in total. The first-order valence-corrected chi connectivity index (χ1v) is 14.4. The molecule has 2 aliphatic heterocycles. The minimum atomic E-state index is -4.46. The van der Waals surface area contributed by atoms with Crippen molar-refractivity contribution in [3.8, 4) is 10.3 Å². The van der Waals surface area contributed by atoms with Gasteiger partial charge in [-0.05, 0) is 0 Å². The van der Waals surface area contributed by atoms with Gasteiger partial charge in [0.25, 0.3) is 0 Å². The maximum atomic E-state index is 13.4. The summed E-state index contributed by atoms with van der Waals surface area (Å²) in [4.78, 5) is 7.41. The number of hydrogen-bond acceptors (Lipinski definition) is 6. The molecule has 0 radical (unpaired) electrons. The Bertz CT molecular complexity index is 1340. The number of anilines is 1. The third kappa shape index (κ3) is 3.65. The van der Waals surface area contributed by atoms with Crippen molar-refractivity contribution in [2.75, 3.05) is 31.2 Å². The quantitative estimate of drug-likeness (QED) is 0.485. The minimum absolute atomic E-state index is 0.0764. The van der Waals surface area contributed by atoms with Gasteiger partial charge >= 0.3 is 212 Å². The van der Waals surface area contributed by atoms with Crippen LogP contribution >= 0.6 is 0 Å². The van der Waals surface area contributed by atoms with E-state index < -0.39 is 31.4 Å². The Morgan fingerprint density at radius 1 is 1.14 bits per heavy atom. The topological polar surface area (TPSA) is 75.8 Å². The van der Waals surface area contributed by atoms with E-state index in [1.165, 1.54) is 5.56 Å². The van der Waals surface area contributed by atoms with Crippen LogP contribution in [0.3, 0.4) is 0 Å². The number of nitrogens with zero attached hydrogens (tertiary/aromatic N) is 5. The maximum absolute atomic E-state index is 13.4. The number of aliphatic hydroxyl groups excluding tert-OH is 1. The van der Waals surface area contributed by atoms with Gasteiger partial charge in [-0.25, -0.2) is 0 Å². The molecule has 2 aliphatic carbocycles. The van der Waals surface area contributed by atoms with Crippen LogP contribution in [0, 0.1) is 5.41 Å². The number of aromatic nitrogens is 4. The SMILES string of the molecule is CC1(c2cc(N3CCC4(CC3)COCC4O)c3nc(C4CC4)c(-c4nnc(C(F)(F)F)[se]4)n3c2)CC1. The molecule has 3 aromatic heterocycles. The molecule has 2 saturated heterocycles. The van der Waals surface area contributed by atoms with E-state index in [1.54, 1.807) is 0 Å². The number of fused-ring (bicyclic) bond motifs is 1. The second-order valence-electron chi connectivity index (χ2n) is 11.3. The van der Waals surface area contributed by atoms with E-state index in [-0.39, 0.29) is 16.7 Å². The van der Waals surface area contributed by atoms with Gasteiger partial charge in [0.1, 0.15) is 0 Å². The zero-order chi connectivity index (χ0) is 24.9. The summed E-state index contributed by atoms with van der Waals surface area (Å²) in [5, 5.41) is 18.1. The molecule has 1 spiro atoms. The van der Waals surface area contributed by atoms with Crippen molar-refractivity contribution >= 4 is 25.8 Å². The molecule has 2 saturated carbocycles. The number of piperidine rings is 1. The van der Waals surface area contributed by atoms with Gasteiger partial charge in [-0.3, -0.25) is 0 Å². The number of pyridine rings is 1. The molecule has 1 atom stereocenters. The van der Waals surface area contributed by atoms with Crippen LogP contribution in [0.5, 0.6) is 0 Å². The summed E-state index contributed by atoms with van der Waals surface area (Å²) in [6.07, 6.45) is 3.05. The van der Waals surface area contributed by atoms with E-state index in [1.807, 2.05) is 4.40 Å². The van der Waals surface area contributed by atoms with Gasteiger partial charge in [-0.2, -0.15) is 0 Å². The van der Waals surface area contributed by atoms with Crippen molar-refractivity contribution in [1.29, 1.82) is 0 Å². The molecule has 1 unspecified atom stereocenters. The third-order valence-corrected chi connectivity index (χ3v) is 10.8. The Hall–Kier alpha value is -1.94. The van der Waals surface area contributed by atoms with Crippen LogP contribution in [0.1, 0.15) is 67.2 Å². The second-order valence-corrected chi connectivity index (χ2v) is 13.3. The Balaban J connectivity index is 1.36. The van der Waals surface area contributed by atoms with E-state index in [4.69, 9.17) is 9.72 Å². The summed E-state index contributed by atoms with van der Waals surface area (Å²) >= 11 is -1.01. The Morgan fingerprint density at radius 2 is 1.89 bits per heavy atom. The molecule has 4 aliphatic rings.